The van der Waals surface area contributed by atoms with E-state index in [-0.39, 0.29) is 50.5 Å². The van der Waals surface area contributed by atoms with Crippen LogP contribution >= 0.6 is 11.6 Å². The van der Waals surface area contributed by atoms with Crippen LogP contribution < -0.4 is 9.64 Å². The van der Waals surface area contributed by atoms with Gasteiger partial charge in [0.25, 0.3) is 17.7 Å². The molecule has 1 aromatic heterocycles. The van der Waals surface area contributed by atoms with E-state index in [1.165, 1.54) is 4.90 Å². The normalized spacial score (nSPS) is 12.6. The largest absolute Gasteiger partial charge is 0.497 e. The molecule has 0 unspecified atom stereocenters. The van der Waals surface area contributed by atoms with E-state index in [2.05, 4.69) is 0 Å². The van der Waals surface area contributed by atoms with Gasteiger partial charge in [-0.3, -0.25) is 28.6 Å². The second-order valence-electron chi connectivity index (χ2n) is 11.6. The van der Waals surface area contributed by atoms with Crippen molar-refractivity contribution in [1.82, 2.24) is 9.47 Å². The van der Waals surface area contributed by atoms with Gasteiger partial charge < -0.3 is 19.1 Å². The third kappa shape index (κ3) is 6.00. The summed E-state index contributed by atoms with van der Waals surface area (Å²) in [5, 5.41) is 2.73. The van der Waals surface area contributed by atoms with Crippen molar-refractivity contribution in [2.24, 2.45) is 0 Å². The van der Waals surface area contributed by atoms with Gasteiger partial charge in [0.15, 0.2) is 0 Å². The molecular formula is C37H34ClN3O7. The summed E-state index contributed by atoms with van der Waals surface area (Å²) in [6.07, 6.45) is -0.0757. The van der Waals surface area contributed by atoms with E-state index in [1.807, 2.05) is 37.2 Å². The topological polar surface area (TPSA) is 107 Å². The van der Waals surface area contributed by atoms with Crippen LogP contribution in [0.25, 0.3) is 21.7 Å². The van der Waals surface area contributed by atoms with E-state index >= 15 is 0 Å². The van der Waals surface area contributed by atoms with E-state index in [0.717, 1.165) is 11.1 Å². The number of benzene rings is 4. The summed E-state index contributed by atoms with van der Waals surface area (Å²) in [7, 11) is 5.39. The van der Waals surface area contributed by atoms with Gasteiger partial charge in [0.2, 0.25) is 0 Å². The maximum absolute atomic E-state index is 13.5. The molecule has 0 spiro atoms. The third-order valence-corrected chi connectivity index (χ3v) is 8.81. The number of carbonyl (C=O) groups excluding carboxylic acids is 4. The number of halogens is 1. The zero-order valence-electron chi connectivity index (χ0n) is 27.0. The second kappa shape index (κ2) is 13.5. The van der Waals surface area contributed by atoms with Gasteiger partial charge in [-0.1, -0.05) is 23.7 Å². The van der Waals surface area contributed by atoms with E-state index in [9.17, 15) is 19.2 Å². The molecule has 0 N–H and O–H groups in total. The number of anilines is 1. The fourth-order valence-corrected chi connectivity index (χ4v) is 6.31. The van der Waals surface area contributed by atoms with Crippen molar-refractivity contribution >= 4 is 62.7 Å². The molecule has 0 bridgehead atoms. The zero-order valence-corrected chi connectivity index (χ0v) is 27.8. The molecule has 0 radical (unpaired) electrons. The Labute approximate surface area is 282 Å². The predicted octanol–water partition coefficient (Wildman–Crippen LogP) is 5.92. The summed E-state index contributed by atoms with van der Waals surface area (Å²) in [6.45, 7) is 1.97. The Bertz CT molecular complexity index is 2060. The van der Waals surface area contributed by atoms with E-state index in [1.54, 1.807) is 73.2 Å². The number of methoxy groups -OCH3 is 1. The van der Waals surface area contributed by atoms with Gasteiger partial charge >= 0.3 is 5.97 Å². The maximum Gasteiger partial charge on any atom is 0.310 e. The molecule has 48 heavy (non-hydrogen) atoms. The highest BCUT2D eigenvalue weighted by Crippen LogP contribution is 2.35. The van der Waals surface area contributed by atoms with Crippen LogP contribution in [0.15, 0.2) is 72.8 Å². The number of rotatable bonds is 11. The van der Waals surface area contributed by atoms with Crippen LogP contribution in [0.4, 0.5) is 5.69 Å². The quantitative estimate of drug-likeness (QED) is 0.0971. The maximum atomic E-state index is 13.5. The summed E-state index contributed by atoms with van der Waals surface area (Å²) < 4.78 is 18.1. The SMILES string of the molecule is COc1ccc2c(c1)c(CC(=O)OCCOCCN1C(=O)c3cccc4c(N(C)C)ccc(c34)C1=O)c(C)n2C(=O)c1ccc(Cl)cc1. The minimum Gasteiger partial charge on any atom is -0.497 e. The van der Waals surface area contributed by atoms with Crippen molar-refractivity contribution in [2.45, 2.75) is 13.3 Å². The van der Waals surface area contributed by atoms with Crippen LogP contribution in [-0.2, 0) is 20.7 Å². The third-order valence-electron chi connectivity index (χ3n) is 8.56. The van der Waals surface area contributed by atoms with Crippen molar-refractivity contribution < 1.29 is 33.4 Å². The first-order chi connectivity index (χ1) is 23.1. The van der Waals surface area contributed by atoms with Crippen LogP contribution in [0.2, 0.25) is 5.02 Å². The fourth-order valence-electron chi connectivity index (χ4n) is 6.19. The lowest BCUT2D eigenvalue weighted by atomic mass is 9.93. The summed E-state index contributed by atoms with van der Waals surface area (Å²) in [4.78, 5) is 56.3. The van der Waals surface area contributed by atoms with Crippen molar-refractivity contribution in [2.75, 3.05) is 52.5 Å². The Morgan fingerprint density at radius 1 is 0.854 bits per heavy atom. The van der Waals surface area contributed by atoms with Crippen molar-refractivity contribution in [3.8, 4) is 5.75 Å². The van der Waals surface area contributed by atoms with Crippen molar-refractivity contribution in [3.05, 3.63) is 106 Å². The number of amides is 2. The van der Waals surface area contributed by atoms with Gasteiger partial charge in [-0.25, -0.2) is 0 Å². The zero-order chi connectivity index (χ0) is 34.1. The first-order valence-corrected chi connectivity index (χ1v) is 15.8. The number of ether oxygens (including phenoxy) is 3. The molecule has 0 fully saturated rings. The molecule has 1 aliphatic rings. The highest BCUT2D eigenvalue weighted by atomic mass is 35.5. The van der Waals surface area contributed by atoms with Crippen LogP contribution in [0.1, 0.15) is 42.3 Å². The van der Waals surface area contributed by atoms with Gasteiger partial charge in [0, 0.05) is 63.3 Å². The van der Waals surface area contributed by atoms with E-state index in [4.69, 9.17) is 25.8 Å². The molecule has 10 nitrogen and oxygen atoms in total. The number of fused-ring (bicyclic) bond motifs is 1. The number of aromatic nitrogens is 1. The molecular weight excluding hydrogens is 634 g/mol. The average Bonchev–Trinajstić information content (AvgIpc) is 3.35. The van der Waals surface area contributed by atoms with Gasteiger partial charge in [-0.05, 0) is 73.2 Å². The summed E-state index contributed by atoms with van der Waals surface area (Å²) in [6, 6.07) is 21.1. The Balaban J connectivity index is 1.07. The fraction of sp³-hybridized carbons (Fsp3) is 0.243. The van der Waals surface area contributed by atoms with Crippen molar-refractivity contribution in [1.29, 1.82) is 0 Å². The molecule has 1 aliphatic heterocycles. The number of esters is 1. The van der Waals surface area contributed by atoms with Gasteiger partial charge in [0.05, 0.1) is 38.8 Å². The Kier molecular flexibility index (Phi) is 9.21. The van der Waals surface area contributed by atoms with Crippen LogP contribution in [-0.4, -0.2) is 80.7 Å². The lowest BCUT2D eigenvalue weighted by Crippen LogP contribution is -2.42. The highest BCUT2D eigenvalue weighted by Gasteiger charge is 2.33. The van der Waals surface area contributed by atoms with Gasteiger partial charge in [0.1, 0.15) is 12.4 Å². The first-order valence-electron chi connectivity index (χ1n) is 15.4. The smallest absolute Gasteiger partial charge is 0.310 e. The minimum absolute atomic E-state index is 0.0269. The van der Waals surface area contributed by atoms with E-state index in [0.29, 0.717) is 55.0 Å². The highest BCUT2D eigenvalue weighted by molar-refractivity contribution is 6.30. The van der Waals surface area contributed by atoms with Crippen LogP contribution in [0, 0.1) is 6.92 Å². The molecule has 6 rings (SSSR count). The molecule has 2 heterocycles. The minimum atomic E-state index is -0.495. The molecule has 0 saturated heterocycles. The van der Waals surface area contributed by atoms with Gasteiger partial charge in [-0.15, -0.1) is 0 Å². The monoisotopic (exact) mass is 667 g/mol. The number of imide groups is 1. The molecule has 0 aliphatic carbocycles. The molecule has 2 amide bonds. The van der Waals surface area contributed by atoms with Crippen LogP contribution in [0.5, 0.6) is 5.75 Å². The number of hydrogen-bond donors (Lipinski definition) is 0. The lowest BCUT2D eigenvalue weighted by molar-refractivity contribution is -0.144. The number of hydrogen-bond acceptors (Lipinski definition) is 8. The Morgan fingerprint density at radius 3 is 2.29 bits per heavy atom. The molecule has 4 aromatic carbocycles. The lowest BCUT2D eigenvalue weighted by Gasteiger charge is -2.28. The molecule has 0 atom stereocenters. The average molecular weight is 668 g/mol. The van der Waals surface area contributed by atoms with Crippen molar-refractivity contribution in [3.63, 3.8) is 0 Å². The Hall–Kier alpha value is -5.19. The summed E-state index contributed by atoms with van der Waals surface area (Å²) in [5.41, 5.74) is 4.22. The van der Waals surface area contributed by atoms with E-state index < -0.39 is 5.97 Å². The molecule has 11 heteroatoms. The first kappa shape index (κ1) is 32.7. The Morgan fingerprint density at radius 2 is 1.58 bits per heavy atom. The summed E-state index contributed by atoms with van der Waals surface area (Å²) in [5.74, 6) is -0.901. The van der Waals surface area contributed by atoms with Gasteiger partial charge in [-0.2, -0.15) is 0 Å². The number of carbonyl (C=O) groups is 4. The standard InChI is InChI=1S/C37H34ClN3O7/c1-22-29(30-20-25(46-4)12-14-32(30)41(22)35(43)23-8-10-24(38)11-9-23)21-33(42)48-19-18-47-17-16-40-36(44)27-7-5-6-26-31(39(2)3)15-13-28(34(26)27)37(40)45/h5-15,20H,16-19,21H2,1-4H3. The predicted molar refractivity (Wildman–Crippen MR) is 184 cm³/mol. The molecule has 246 valence electrons. The summed E-state index contributed by atoms with van der Waals surface area (Å²) >= 11 is 6.02. The molecule has 0 saturated carbocycles. The van der Waals surface area contributed by atoms with Crippen LogP contribution in [0.3, 0.4) is 0 Å². The molecule has 5 aromatic rings. The number of nitrogens with zero attached hydrogens (tertiary/aromatic N) is 3. The second-order valence-corrected chi connectivity index (χ2v) is 12.1.